The van der Waals surface area contributed by atoms with Crippen molar-refractivity contribution < 1.29 is 4.42 Å². The molecule has 72 valence electrons. The second-order valence-electron chi connectivity index (χ2n) is 5.19. The van der Waals surface area contributed by atoms with Crippen LogP contribution in [0, 0.1) is 5.41 Å². The van der Waals surface area contributed by atoms with Gasteiger partial charge in [0.05, 0.1) is 5.69 Å². The molecular weight excluding hydrogens is 162 g/mol. The second-order valence-corrected chi connectivity index (χ2v) is 5.19. The third-order valence-electron chi connectivity index (χ3n) is 2.21. The van der Waals surface area contributed by atoms with Gasteiger partial charge in [0, 0.05) is 5.92 Å². The summed E-state index contributed by atoms with van der Waals surface area (Å²) in [7, 11) is 0. The summed E-state index contributed by atoms with van der Waals surface area (Å²) in [4.78, 5) is 4.49. The van der Waals surface area contributed by atoms with E-state index in [2.05, 4.69) is 25.8 Å². The van der Waals surface area contributed by atoms with E-state index in [1.807, 2.05) is 6.26 Å². The van der Waals surface area contributed by atoms with E-state index in [0.29, 0.717) is 11.3 Å². The predicted molar refractivity (Wildman–Crippen MR) is 51.6 cm³/mol. The van der Waals surface area contributed by atoms with Crippen LogP contribution in [0.25, 0.3) is 0 Å². The van der Waals surface area contributed by atoms with Crippen molar-refractivity contribution in [3.05, 3.63) is 17.8 Å². The van der Waals surface area contributed by atoms with Crippen molar-refractivity contribution >= 4 is 0 Å². The molecule has 0 aromatic carbocycles. The summed E-state index contributed by atoms with van der Waals surface area (Å²) in [6, 6.07) is 0. The molecule has 1 aromatic rings. The Kier molecular flexibility index (Phi) is 1.94. The molecule has 0 spiro atoms. The third kappa shape index (κ3) is 2.33. The van der Waals surface area contributed by atoms with E-state index in [1.54, 1.807) is 0 Å². The standard InChI is InChI=1S/C11H17NO/c1-11(2,3)6-9-7-13-10(12-9)8-4-5-8/h7-8H,4-6H2,1-3H3. The Bertz CT molecular complexity index is 291. The fourth-order valence-electron chi connectivity index (χ4n) is 1.46. The highest BCUT2D eigenvalue weighted by atomic mass is 16.3. The van der Waals surface area contributed by atoms with Crippen LogP contribution in [0.4, 0.5) is 0 Å². The summed E-state index contributed by atoms with van der Waals surface area (Å²) >= 11 is 0. The normalized spacial score (nSPS) is 17.8. The van der Waals surface area contributed by atoms with Gasteiger partial charge in [0.15, 0.2) is 5.89 Å². The summed E-state index contributed by atoms with van der Waals surface area (Å²) < 4.78 is 5.42. The number of aromatic nitrogens is 1. The first kappa shape index (κ1) is 8.79. The van der Waals surface area contributed by atoms with E-state index in [0.717, 1.165) is 18.0 Å². The van der Waals surface area contributed by atoms with Crippen molar-refractivity contribution in [3.8, 4) is 0 Å². The Morgan fingerprint density at radius 1 is 1.46 bits per heavy atom. The molecular formula is C11H17NO. The van der Waals surface area contributed by atoms with Gasteiger partial charge in [0.1, 0.15) is 6.26 Å². The number of nitrogens with zero attached hydrogens (tertiary/aromatic N) is 1. The van der Waals surface area contributed by atoms with Crippen molar-refractivity contribution in [3.63, 3.8) is 0 Å². The fourth-order valence-corrected chi connectivity index (χ4v) is 1.46. The van der Waals surface area contributed by atoms with Crippen LogP contribution in [0.1, 0.15) is 51.1 Å². The van der Waals surface area contributed by atoms with E-state index in [4.69, 9.17) is 4.42 Å². The zero-order valence-electron chi connectivity index (χ0n) is 8.63. The Balaban J connectivity index is 2.04. The van der Waals surface area contributed by atoms with Crippen molar-refractivity contribution in [1.29, 1.82) is 0 Å². The van der Waals surface area contributed by atoms with Gasteiger partial charge in [-0.05, 0) is 24.7 Å². The molecule has 1 aliphatic rings. The summed E-state index contributed by atoms with van der Waals surface area (Å²) in [6.07, 6.45) is 5.34. The van der Waals surface area contributed by atoms with Gasteiger partial charge in [-0.15, -0.1) is 0 Å². The zero-order chi connectivity index (χ0) is 9.47. The van der Waals surface area contributed by atoms with Crippen molar-refractivity contribution in [2.45, 2.75) is 46.0 Å². The van der Waals surface area contributed by atoms with Gasteiger partial charge in [0.25, 0.3) is 0 Å². The number of rotatable bonds is 2. The maximum atomic E-state index is 5.42. The van der Waals surface area contributed by atoms with Crippen LogP contribution in [0.15, 0.2) is 10.7 Å². The molecule has 0 amide bonds. The molecule has 1 fully saturated rings. The maximum Gasteiger partial charge on any atom is 0.197 e. The van der Waals surface area contributed by atoms with E-state index in [9.17, 15) is 0 Å². The van der Waals surface area contributed by atoms with Crippen LogP contribution >= 0.6 is 0 Å². The Morgan fingerprint density at radius 3 is 2.69 bits per heavy atom. The fraction of sp³-hybridized carbons (Fsp3) is 0.727. The molecule has 0 N–H and O–H groups in total. The highest BCUT2D eigenvalue weighted by Crippen LogP contribution is 2.39. The highest BCUT2D eigenvalue weighted by molar-refractivity contribution is 5.07. The summed E-state index contributed by atoms with van der Waals surface area (Å²) in [5.74, 6) is 1.59. The van der Waals surface area contributed by atoms with Gasteiger partial charge in [0.2, 0.25) is 0 Å². The molecule has 1 heterocycles. The van der Waals surface area contributed by atoms with E-state index < -0.39 is 0 Å². The molecule has 0 bridgehead atoms. The molecule has 1 aromatic heterocycles. The minimum absolute atomic E-state index is 0.303. The number of hydrogen-bond acceptors (Lipinski definition) is 2. The van der Waals surface area contributed by atoms with E-state index >= 15 is 0 Å². The van der Waals surface area contributed by atoms with Gasteiger partial charge in [-0.25, -0.2) is 4.98 Å². The Labute approximate surface area is 79.4 Å². The topological polar surface area (TPSA) is 26.0 Å². The minimum Gasteiger partial charge on any atom is -0.448 e. The second kappa shape index (κ2) is 2.86. The van der Waals surface area contributed by atoms with Crippen LogP contribution in [-0.2, 0) is 6.42 Å². The van der Waals surface area contributed by atoms with Crippen LogP contribution in [-0.4, -0.2) is 4.98 Å². The zero-order valence-corrected chi connectivity index (χ0v) is 8.63. The molecule has 1 aliphatic carbocycles. The molecule has 0 unspecified atom stereocenters. The largest absolute Gasteiger partial charge is 0.448 e. The van der Waals surface area contributed by atoms with Gasteiger partial charge in [-0.3, -0.25) is 0 Å². The lowest BCUT2D eigenvalue weighted by molar-refractivity contribution is 0.405. The van der Waals surface area contributed by atoms with Crippen molar-refractivity contribution in [2.75, 3.05) is 0 Å². The smallest absolute Gasteiger partial charge is 0.197 e. The number of oxazole rings is 1. The highest BCUT2D eigenvalue weighted by Gasteiger charge is 2.28. The monoisotopic (exact) mass is 179 g/mol. The first-order valence-corrected chi connectivity index (χ1v) is 4.99. The van der Waals surface area contributed by atoms with Crippen LogP contribution in [0.2, 0.25) is 0 Å². The van der Waals surface area contributed by atoms with Gasteiger partial charge < -0.3 is 4.42 Å². The van der Waals surface area contributed by atoms with Crippen LogP contribution < -0.4 is 0 Å². The van der Waals surface area contributed by atoms with Crippen molar-refractivity contribution in [1.82, 2.24) is 4.98 Å². The summed E-state index contributed by atoms with van der Waals surface area (Å²) in [5.41, 5.74) is 1.41. The predicted octanol–water partition coefficient (Wildman–Crippen LogP) is 3.14. The van der Waals surface area contributed by atoms with Gasteiger partial charge >= 0.3 is 0 Å². The summed E-state index contributed by atoms with van der Waals surface area (Å²) in [5, 5.41) is 0. The lowest BCUT2D eigenvalue weighted by Crippen LogP contribution is -2.09. The SMILES string of the molecule is CC(C)(C)Cc1coc(C2CC2)n1. The van der Waals surface area contributed by atoms with Crippen LogP contribution in [0.3, 0.4) is 0 Å². The molecule has 0 atom stereocenters. The molecule has 13 heavy (non-hydrogen) atoms. The van der Waals surface area contributed by atoms with Crippen LogP contribution in [0.5, 0.6) is 0 Å². The van der Waals surface area contributed by atoms with E-state index in [-0.39, 0.29) is 0 Å². The molecule has 2 heteroatoms. The number of hydrogen-bond donors (Lipinski definition) is 0. The molecule has 2 rings (SSSR count). The summed E-state index contributed by atoms with van der Waals surface area (Å²) in [6.45, 7) is 6.66. The molecule has 0 aliphatic heterocycles. The molecule has 0 saturated heterocycles. The molecule has 2 nitrogen and oxygen atoms in total. The maximum absolute atomic E-state index is 5.42. The molecule has 0 radical (unpaired) electrons. The molecule has 1 saturated carbocycles. The minimum atomic E-state index is 0.303. The quantitative estimate of drug-likeness (QED) is 0.697. The van der Waals surface area contributed by atoms with Gasteiger partial charge in [-0.2, -0.15) is 0 Å². The average Bonchev–Trinajstić information content (AvgIpc) is 2.72. The Morgan fingerprint density at radius 2 is 2.15 bits per heavy atom. The van der Waals surface area contributed by atoms with Gasteiger partial charge in [-0.1, -0.05) is 20.8 Å². The van der Waals surface area contributed by atoms with E-state index in [1.165, 1.54) is 12.8 Å². The third-order valence-corrected chi connectivity index (χ3v) is 2.21. The lowest BCUT2D eigenvalue weighted by atomic mass is 9.91. The first-order valence-electron chi connectivity index (χ1n) is 4.99. The Hall–Kier alpha value is -0.790. The lowest BCUT2D eigenvalue weighted by Gasteiger charge is -2.15. The average molecular weight is 179 g/mol. The first-order chi connectivity index (χ1) is 6.04. The van der Waals surface area contributed by atoms with Crippen molar-refractivity contribution in [2.24, 2.45) is 5.41 Å².